The van der Waals surface area contributed by atoms with E-state index >= 15 is 0 Å². The molecule has 7 fully saturated rings. The van der Waals surface area contributed by atoms with Crippen molar-refractivity contribution in [3.63, 3.8) is 0 Å². The Labute approximate surface area is 272 Å². The Kier molecular flexibility index (Phi) is 7.57. The molecule has 14 atom stereocenters. The first kappa shape index (κ1) is 32.8. The lowest BCUT2D eigenvalue weighted by atomic mass is 9.41. The second kappa shape index (κ2) is 10.4. The highest BCUT2D eigenvalue weighted by atomic mass is 16.7. The van der Waals surface area contributed by atoms with Crippen molar-refractivity contribution >= 4 is 5.97 Å². The summed E-state index contributed by atoms with van der Waals surface area (Å²) in [6, 6.07) is 0. The standard InChI is InChI=1S/C38H63NO6/c1-22-19-25(32(34(6,7)41)43-24(3)40)44-26-20-36(9)28-12-11-27-33(4,5)29(45-30-21-39(10)17-18-42-30)13-14-37(27)23(2)38(28,37)16-15-35(36,8)31(22)26/h22-23,25-32,41H,11-21H2,1-10H3/t22?,23-,25-,26-,27?,28+,29+,30?,31?,32+,35-,36+,37?,38+/m1/s1. The molecule has 0 bridgehead atoms. The molecule has 7 nitrogen and oxygen atoms in total. The van der Waals surface area contributed by atoms with Gasteiger partial charge in [-0.05, 0) is 129 Å². The van der Waals surface area contributed by atoms with Crippen LogP contribution in [0.4, 0.5) is 0 Å². The van der Waals surface area contributed by atoms with E-state index in [2.05, 4.69) is 53.5 Å². The van der Waals surface area contributed by atoms with Gasteiger partial charge in [0.2, 0.25) is 0 Å². The van der Waals surface area contributed by atoms with Gasteiger partial charge in [0.1, 0.15) is 0 Å². The molecule has 0 aromatic heterocycles. The number of fused-ring (bicyclic) bond motifs is 4. The van der Waals surface area contributed by atoms with Crippen LogP contribution in [0.5, 0.6) is 0 Å². The lowest BCUT2D eigenvalue weighted by Crippen LogP contribution is -2.59. The predicted molar refractivity (Wildman–Crippen MR) is 173 cm³/mol. The van der Waals surface area contributed by atoms with Crippen LogP contribution in [-0.2, 0) is 23.7 Å². The molecule has 5 aliphatic carbocycles. The van der Waals surface area contributed by atoms with Crippen molar-refractivity contribution in [2.45, 2.75) is 150 Å². The average molecular weight is 630 g/mol. The van der Waals surface area contributed by atoms with Gasteiger partial charge in [-0.1, -0.05) is 41.5 Å². The number of carbonyl (C=O) groups is 1. The number of aliphatic hydroxyl groups is 1. The molecule has 7 aliphatic rings. The van der Waals surface area contributed by atoms with E-state index in [1.54, 1.807) is 13.8 Å². The van der Waals surface area contributed by atoms with E-state index < -0.39 is 11.7 Å². The zero-order valence-electron chi connectivity index (χ0n) is 30.0. The van der Waals surface area contributed by atoms with Gasteiger partial charge in [0.15, 0.2) is 12.4 Å². The number of likely N-dealkylation sites (N-methyl/N-ethyl adjacent to an activating group) is 1. The molecule has 2 aliphatic heterocycles. The number of esters is 1. The van der Waals surface area contributed by atoms with Crippen LogP contribution in [0.2, 0.25) is 0 Å². The van der Waals surface area contributed by atoms with Crippen molar-refractivity contribution in [2.24, 2.45) is 56.7 Å². The van der Waals surface area contributed by atoms with Crippen molar-refractivity contribution < 1.29 is 28.8 Å². The van der Waals surface area contributed by atoms with Crippen molar-refractivity contribution in [1.29, 1.82) is 0 Å². The molecule has 45 heavy (non-hydrogen) atoms. The van der Waals surface area contributed by atoms with Gasteiger partial charge in [0.25, 0.3) is 0 Å². The number of ether oxygens (including phenoxy) is 4. The molecule has 0 radical (unpaired) electrons. The van der Waals surface area contributed by atoms with Gasteiger partial charge in [0, 0.05) is 20.0 Å². The third kappa shape index (κ3) is 4.34. The first-order chi connectivity index (χ1) is 20.9. The smallest absolute Gasteiger partial charge is 0.303 e. The normalized spacial score (nSPS) is 52.8. The van der Waals surface area contributed by atoms with Gasteiger partial charge >= 0.3 is 5.97 Å². The molecule has 2 heterocycles. The number of hydrogen-bond donors (Lipinski definition) is 1. The summed E-state index contributed by atoms with van der Waals surface area (Å²) in [6.45, 7) is 22.9. The van der Waals surface area contributed by atoms with Crippen LogP contribution < -0.4 is 0 Å². The first-order valence-electron chi connectivity index (χ1n) is 18.4. The lowest BCUT2D eigenvalue weighted by Gasteiger charge is -2.63. The fourth-order valence-electron chi connectivity index (χ4n) is 14.4. The zero-order chi connectivity index (χ0) is 32.5. The molecule has 1 N–H and O–H groups in total. The zero-order valence-corrected chi connectivity index (χ0v) is 30.0. The Morgan fingerprint density at radius 2 is 1.69 bits per heavy atom. The summed E-state index contributed by atoms with van der Waals surface area (Å²) < 4.78 is 25.7. The van der Waals surface area contributed by atoms with Crippen LogP contribution in [0.25, 0.3) is 0 Å². The predicted octanol–water partition coefficient (Wildman–Crippen LogP) is 6.45. The van der Waals surface area contributed by atoms with Crippen LogP contribution in [0.15, 0.2) is 0 Å². The number of nitrogens with zero attached hydrogens (tertiary/aromatic N) is 1. The Morgan fingerprint density at radius 1 is 1.00 bits per heavy atom. The molecular weight excluding hydrogens is 566 g/mol. The van der Waals surface area contributed by atoms with Crippen LogP contribution in [0.3, 0.4) is 0 Å². The monoisotopic (exact) mass is 629 g/mol. The molecule has 0 aromatic carbocycles. The van der Waals surface area contributed by atoms with Gasteiger partial charge in [-0.3, -0.25) is 9.69 Å². The average Bonchev–Trinajstić information content (AvgIpc) is 3.35. The summed E-state index contributed by atoms with van der Waals surface area (Å²) in [5.41, 5.74) is 0.222. The minimum Gasteiger partial charge on any atom is -0.457 e. The van der Waals surface area contributed by atoms with Crippen molar-refractivity contribution in [1.82, 2.24) is 4.90 Å². The Balaban J connectivity index is 1.15. The quantitative estimate of drug-likeness (QED) is 0.350. The molecule has 5 saturated carbocycles. The van der Waals surface area contributed by atoms with E-state index in [1.807, 2.05) is 0 Å². The molecule has 2 spiro atoms. The number of carbonyl (C=O) groups excluding carboxylic acids is 1. The van der Waals surface area contributed by atoms with Crippen molar-refractivity contribution in [2.75, 3.05) is 26.7 Å². The molecule has 7 rings (SSSR count). The molecule has 256 valence electrons. The second-order valence-electron chi connectivity index (χ2n) is 18.7. The Hall–Kier alpha value is -0.730. The topological polar surface area (TPSA) is 77.5 Å². The van der Waals surface area contributed by atoms with Gasteiger partial charge in [0.05, 0.1) is 30.5 Å². The molecule has 2 saturated heterocycles. The first-order valence-corrected chi connectivity index (χ1v) is 18.4. The third-order valence-electron chi connectivity index (χ3n) is 16.2. The minimum absolute atomic E-state index is 0.109. The summed E-state index contributed by atoms with van der Waals surface area (Å²) in [4.78, 5) is 14.4. The van der Waals surface area contributed by atoms with Crippen LogP contribution in [-0.4, -0.2) is 79.0 Å². The number of hydrogen-bond acceptors (Lipinski definition) is 7. The van der Waals surface area contributed by atoms with Crippen molar-refractivity contribution in [3.8, 4) is 0 Å². The maximum Gasteiger partial charge on any atom is 0.303 e. The fourth-order valence-corrected chi connectivity index (χ4v) is 14.4. The van der Waals surface area contributed by atoms with Gasteiger partial charge in [-0.2, -0.15) is 0 Å². The molecular formula is C38H63NO6. The SMILES string of the molecule is CC(=O)O[C@@H]([C@H]1CC(C)C2[C@@H](C[C@@]3(C)[C@@H]4CCC5C(C)(C)[C@@H](OC6CN(C)CCO6)CCC56[C@@H](C)[C@@]46CC[C@]23C)O1)C(C)(C)O. The van der Waals surface area contributed by atoms with E-state index in [-0.39, 0.29) is 46.8 Å². The number of rotatable bonds is 5. The van der Waals surface area contributed by atoms with Crippen molar-refractivity contribution in [3.05, 3.63) is 0 Å². The van der Waals surface area contributed by atoms with E-state index in [1.165, 1.54) is 39.0 Å². The highest BCUT2D eigenvalue weighted by Gasteiger charge is 2.86. The maximum absolute atomic E-state index is 12.1. The molecule has 7 heteroatoms. The molecule has 5 unspecified atom stereocenters. The van der Waals surface area contributed by atoms with Crippen LogP contribution in [0, 0.1) is 56.7 Å². The Morgan fingerprint density at radius 3 is 2.36 bits per heavy atom. The van der Waals surface area contributed by atoms with Crippen LogP contribution >= 0.6 is 0 Å². The maximum atomic E-state index is 12.1. The second-order valence-corrected chi connectivity index (χ2v) is 18.7. The lowest BCUT2D eigenvalue weighted by molar-refractivity contribution is -0.246. The summed E-state index contributed by atoms with van der Waals surface area (Å²) >= 11 is 0. The van der Waals surface area contributed by atoms with Gasteiger partial charge in [-0.15, -0.1) is 0 Å². The molecule has 0 aromatic rings. The van der Waals surface area contributed by atoms with E-state index in [0.29, 0.717) is 34.5 Å². The highest BCUT2D eigenvalue weighted by molar-refractivity contribution is 5.66. The summed E-state index contributed by atoms with van der Waals surface area (Å²) in [5.74, 6) is 2.73. The fraction of sp³-hybridized carbons (Fsp3) is 0.974. The summed E-state index contributed by atoms with van der Waals surface area (Å²) in [5, 5.41) is 11.0. The van der Waals surface area contributed by atoms with Gasteiger partial charge < -0.3 is 24.1 Å². The largest absolute Gasteiger partial charge is 0.457 e. The summed E-state index contributed by atoms with van der Waals surface area (Å²) in [7, 11) is 2.17. The molecule has 0 amide bonds. The Bertz CT molecular complexity index is 1180. The highest BCUT2D eigenvalue weighted by Crippen LogP contribution is 2.91. The van der Waals surface area contributed by atoms with E-state index in [4.69, 9.17) is 18.9 Å². The van der Waals surface area contributed by atoms with Crippen LogP contribution in [0.1, 0.15) is 114 Å². The summed E-state index contributed by atoms with van der Waals surface area (Å²) in [6.07, 6.45) is 8.89. The minimum atomic E-state index is -1.16. The van der Waals surface area contributed by atoms with Gasteiger partial charge in [-0.25, -0.2) is 0 Å². The van der Waals surface area contributed by atoms with E-state index in [9.17, 15) is 9.90 Å². The van der Waals surface area contributed by atoms with E-state index in [0.717, 1.165) is 44.9 Å². The number of morpholine rings is 1. The third-order valence-corrected chi connectivity index (χ3v) is 16.2.